The van der Waals surface area contributed by atoms with Crippen molar-refractivity contribution in [2.24, 2.45) is 5.73 Å². The molecular formula is C11H17N5. The molecule has 2 aromatic heterocycles. The minimum Gasteiger partial charge on any atom is -0.326 e. The van der Waals surface area contributed by atoms with Crippen LogP contribution in [-0.4, -0.2) is 25.4 Å². The number of rotatable bonds is 3. The summed E-state index contributed by atoms with van der Waals surface area (Å²) in [7, 11) is 0. The highest BCUT2D eigenvalue weighted by Crippen LogP contribution is 2.10. The molecule has 0 radical (unpaired) electrons. The molecule has 0 aliphatic heterocycles. The van der Waals surface area contributed by atoms with Crippen molar-refractivity contribution in [3.05, 3.63) is 23.7 Å². The van der Waals surface area contributed by atoms with Gasteiger partial charge < -0.3 is 5.73 Å². The summed E-state index contributed by atoms with van der Waals surface area (Å²) in [5, 5.41) is 12.6. The number of fused-ring (bicyclic) bond motifs is 1. The van der Waals surface area contributed by atoms with Crippen molar-refractivity contribution in [3.8, 4) is 0 Å². The van der Waals surface area contributed by atoms with Crippen LogP contribution in [0.1, 0.15) is 31.8 Å². The molecule has 0 aliphatic rings. The van der Waals surface area contributed by atoms with Crippen LogP contribution < -0.4 is 5.73 Å². The molecule has 0 saturated carbocycles. The molecule has 5 heteroatoms. The van der Waals surface area contributed by atoms with Crippen molar-refractivity contribution in [2.75, 3.05) is 0 Å². The van der Waals surface area contributed by atoms with Gasteiger partial charge in [0.1, 0.15) is 0 Å². The molecule has 0 aromatic carbocycles. The first kappa shape index (κ1) is 11.0. The van der Waals surface area contributed by atoms with Gasteiger partial charge in [0.15, 0.2) is 11.5 Å². The predicted molar refractivity (Wildman–Crippen MR) is 62.1 cm³/mol. The summed E-state index contributed by atoms with van der Waals surface area (Å²) in [5.74, 6) is 0.872. The van der Waals surface area contributed by atoms with Gasteiger partial charge in [-0.2, -0.15) is 9.61 Å². The lowest BCUT2D eigenvalue weighted by molar-refractivity contribution is 0.468. The lowest BCUT2D eigenvalue weighted by Crippen LogP contribution is -2.32. The molecular weight excluding hydrogens is 202 g/mol. The quantitative estimate of drug-likeness (QED) is 0.839. The van der Waals surface area contributed by atoms with Gasteiger partial charge >= 0.3 is 0 Å². The Morgan fingerprint density at radius 2 is 2.06 bits per heavy atom. The zero-order valence-electron chi connectivity index (χ0n) is 9.94. The van der Waals surface area contributed by atoms with Crippen molar-refractivity contribution < 1.29 is 0 Å². The highest BCUT2D eigenvalue weighted by molar-refractivity contribution is 5.36. The van der Waals surface area contributed by atoms with Crippen LogP contribution in [-0.2, 0) is 6.42 Å². The van der Waals surface area contributed by atoms with Crippen molar-refractivity contribution in [3.63, 3.8) is 0 Å². The smallest absolute Gasteiger partial charge is 0.177 e. The van der Waals surface area contributed by atoms with Crippen LogP contribution >= 0.6 is 0 Å². The molecule has 2 heterocycles. The van der Waals surface area contributed by atoms with E-state index in [0.29, 0.717) is 0 Å². The number of aromatic nitrogens is 4. The van der Waals surface area contributed by atoms with Crippen molar-refractivity contribution >= 4 is 5.65 Å². The topological polar surface area (TPSA) is 69.1 Å². The fraction of sp³-hybridized carbons (Fsp3) is 0.545. The van der Waals surface area contributed by atoms with E-state index in [-0.39, 0.29) is 5.54 Å². The average molecular weight is 219 g/mol. The summed E-state index contributed by atoms with van der Waals surface area (Å²) < 4.78 is 1.79. The standard InChI is InChI=1S/C11H17N5/c1-8-4-5-9-13-14-10(16(9)15-8)6-7-11(2,3)12/h4-5H,6-7,12H2,1-3H3. The Kier molecular flexibility index (Phi) is 2.63. The Hall–Kier alpha value is -1.49. The molecule has 0 bridgehead atoms. The van der Waals surface area contributed by atoms with Gasteiger partial charge in [-0.05, 0) is 39.3 Å². The summed E-state index contributed by atoms with van der Waals surface area (Å²) in [6.07, 6.45) is 1.66. The molecule has 0 aliphatic carbocycles. The highest BCUT2D eigenvalue weighted by atomic mass is 15.4. The molecule has 2 rings (SSSR count). The minimum absolute atomic E-state index is 0.185. The molecule has 86 valence electrons. The van der Waals surface area contributed by atoms with E-state index < -0.39 is 0 Å². The van der Waals surface area contributed by atoms with Crippen LogP contribution in [0.3, 0.4) is 0 Å². The van der Waals surface area contributed by atoms with Gasteiger partial charge in [0, 0.05) is 12.0 Å². The number of aryl methyl sites for hydroxylation is 2. The second kappa shape index (κ2) is 3.83. The Morgan fingerprint density at radius 3 is 2.75 bits per heavy atom. The SMILES string of the molecule is Cc1ccc2nnc(CCC(C)(C)N)n2n1. The fourth-order valence-electron chi connectivity index (χ4n) is 1.51. The zero-order chi connectivity index (χ0) is 11.8. The van der Waals surface area contributed by atoms with Crippen molar-refractivity contribution in [1.29, 1.82) is 0 Å². The minimum atomic E-state index is -0.185. The van der Waals surface area contributed by atoms with E-state index in [1.807, 2.05) is 32.9 Å². The Bertz CT molecular complexity index is 495. The van der Waals surface area contributed by atoms with Gasteiger partial charge in [0.2, 0.25) is 0 Å². The molecule has 0 atom stereocenters. The van der Waals surface area contributed by atoms with E-state index in [9.17, 15) is 0 Å². The Morgan fingerprint density at radius 1 is 1.31 bits per heavy atom. The van der Waals surface area contributed by atoms with Crippen LogP contribution in [0.15, 0.2) is 12.1 Å². The van der Waals surface area contributed by atoms with Gasteiger partial charge in [-0.25, -0.2) is 0 Å². The van der Waals surface area contributed by atoms with Crippen LogP contribution in [0, 0.1) is 6.92 Å². The first-order chi connectivity index (χ1) is 7.46. The summed E-state index contributed by atoms with van der Waals surface area (Å²) in [4.78, 5) is 0. The van der Waals surface area contributed by atoms with Crippen LogP contribution in [0.4, 0.5) is 0 Å². The van der Waals surface area contributed by atoms with Gasteiger partial charge in [0.05, 0.1) is 5.69 Å². The normalized spacial score (nSPS) is 12.2. The highest BCUT2D eigenvalue weighted by Gasteiger charge is 2.14. The predicted octanol–water partition coefficient (Wildman–Crippen LogP) is 1.10. The van der Waals surface area contributed by atoms with E-state index in [1.54, 1.807) is 4.52 Å². The fourth-order valence-corrected chi connectivity index (χ4v) is 1.51. The molecule has 2 N–H and O–H groups in total. The number of nitrogens with two attached hydrogens (primary N) is 1. The number of hydrogen-bond donors (Lipinski definition) is 1. The molecule has 0 saturated heterocycles. The van der Waals surface area contributed by atoms with E-state index in [1.165, 1.54) is 0 Å². The lowest BCUT2D eigenvalue weighted by Gasteiger charge is -2.16. The van der Waals surface area contributed by atoms with Crippen LogP contribution in [0.5, 0.6) is 0 Å². The van der Waals surface area contributed by atoms with Gasteiger partial charge in [0.25, 0.3) is 0 Å². The molecule has 0 amide bonds. The molecule has 5 nitrogen and oxygen atoms in total. The molecule has 0 spiro atoms. The maximum Gasteiger partial charge on any atom is 0.177 e. The lowest BCUT2D eigenvalue weighted by atomic mass is 10.00. The maximum atomic E-state index is 5.95. The van der Waals surface area contributed by atoms with E-state index in [0.717, 1.165) is 30.0 Å². The summed E-state index contributed by atoms with van der Waals surface area (Å²) >= 11 is 0. The Labute approximate surface area is 94.7 Å². The third-order valence-electron chi connectivity index (χ3n) is 2.45. The molecule has 16 heavy (non-hydrogen) atoms. The maximum absolute atomic E-state index is 5.95. The third-order valence-corrected chi connectivity index (χ3v) is 2.45. The van der Waals surface area contributed by atoms with E-state index in [2.05, 4.69) is 15.3 Å². The molecule has 0 unspecified atom stereocenters. The summed E-state index contributed by atoms with van der Waals surface area (Å²) in [6, 6.07) is 3.85. The van der Waals surface area contributed by atoms with Gasteiger partial charge in [-0.3, -0.25) is 0 Å². The van der Waals surface area contributed by atoms with E-state index in [4.69, 9.17) is 5.73 Å². The molecule has 2 aromatic rings. The van der Waals surface area contributed by atoms with Crippen LogP contribution in [0.2, 0.25) is 0 Å². The molecule has 0 fully saturated rings. The van der Waals surface area contributed by atoms with Crippen molar-refractivity contribution in [2.45, 2.75) is 39.2 Å². The first-order valence-electron chi connectivity index (χ1n) is 5.42. The second-order valence-electron chi connectivity index (χ2n) is 4.85. The number of nitrogens with zero attached hydrogens (tertiary/aromatic N) is 4. The van der Waals surface area contributed by atoms with Crippen molar-refractivity contribution in [1.82, 2.24) is 19.8 Å². The average Bonchev–Trinajstić information content (AvgIpc) is 2.56. The zero-order valence-corrected chi connectivity index (χ0v) is 9.94. The van der Waals surface area contributed by atoms with E-state index >= 15 is 0 Å². The van der Waals surface area contributed by atoms with Gasteiger partial charge in [-0.1, -0.05) is 0 Å². The number of hydrogen-bond acceptors (Lipinski definition) is 4. The largest absolute Gasteiger partial charge is 0.326 e. The monoisotopic (exact) mass is 219 g/mol. The summed E-state index contributed by atoms with van der Waals surface area (Å²) in [5.41, 5.74) is 7.51. The third kappa shape index (κ3) is 2.36. The van der Waals surface area contributed by atoms with Crippen LogP contribution in [0.25, 0.3) is 5.65 Å². The first-order valence-corrected chi connectivity index (χ1v) is 5.42. The Balaban J connectivity index is 2.28. The second-order valence-corrected chi connectivity index (χ2v) is 4.85. The summed E-state index contributed by atoms with van der Waals surface area (Å²) in [6.45, 7) is 5.97. The van der Waals surface area contributed by atoms with Gasteiger partial charge in [-0.15, -0.1) is 10.2 Å².